The predicted molar refractivity (Wildman–Crippen MR) is 126 cm³/mol. The van der Waals surface area contributed by atoms with Crippen LogP contribution in [0.15, 0.2) is 11.2 Å². The quantitative estimate of drug-likeness (QED) is 0.366. The van der Waals surface area contributed by atoms with Gasteiger partial charge in [0.1, 0.15) is 5.01 Å². The molecule has 2 aliphatic heterocycles. The van der Waals surface area contributed by atoms with Crippen molar-refractivity contribution in [2.45, 2.75) is 39.2 Å². The number of carbonyl (C=O) groups is 1. The van der Waals surface area contributed by atoms with Crippen LogP contribution in [-0.4, -0.2) is 84.4 Å². The lowest BCUT2D eigenvalue weighted by atomic mass is 10.1. The highest BCUT2D eigenvalue weighted by Crippen LogP contribution is 2.13. The molecular weight excluding hydrogens is 487 g/mol. The van der Waals surface area contributed by atoms with Gasteiger partial charge in [0, 0.05) is 57.4 Å². The molecule has 2 saturated heterocycles. The lowest BCUT2D eigenvalue weighted by molar-refractivity contribution is -0.133. The number of nitrogens with one attached hydrogen (secondary N) is 1. The summed E-state index contributed by atoms with van der Waals surface area (Å²) in [4.78, 5) is 29.2. The number of aryl methyl sites for hydroxylation is 1. The summed E-state index contributed by atoms with van der Waals surface area (Å²) in [6.07, 6.45) is 6.56. The van der Waals surface area contributed by atoms with Crippen molar-refractivity contribution >= 4 is 47.2 Å². The van der Waals surface area contributed by atoms with Gasteiger partial charge in [0.05, 0.1) is 13.1 Å². The molecule has 2 aliphatic rings. The molecule has 0 bridgehead atoms. The number of rotatable bonds is 5. The molecule has 0 unspecified atom stereocenters. The van der Waals surface area contributed by atoms with Crippen LogP contribution in [0.4, 0.5) is 0 Å². The number of guanidine groups is 1. The van der Waals surface area contributed by atoms with Crippen LogP contribution in [-0.2, 0) is 17.8 Å². The number of carbonyl (C=O) groups excluding carboxylic acids is 1. The minimum absolute atomic E-state index is 0. The SMILES string of the molecule is CCc1cnc(CNC(=NC)N2CCN(CC(=O)N3CCCCC3)CC2)s1.I. The lowest BCUT2D eigenvalue weighted by Gasteiger charge is -2.37. The Kier molecular flexibility index (Phi) is 9.93. The molecule has 1 N–H and O–H groups in total. The van der Waals surface area contributed by atoms with Crippen molar-refractivity contribution in [1.82, 2.24) is 25.0 Å². The van der Waals surface area contributed by atoms with Gasteiger partial charge < -0.3 is 15.1 Å². The molecule has 3 heterocycles. The molecule has 0 atom stereocenters. The first-order valence-electron chi connectivity index (χ1n) is 10.1. The number of thiazole rings is 1. The number of hydrogen-bond donors (Lipinski definition) is 1. The molecule has 0 spiro atoms. The Labute approximate surface area is 189 Å². The number of halogens is 1. The maximum Gasteiger partial charge on any atom is 0.236 e. The Balaban J connectivity index is 0.00000280. The summed E-state index contributed by atoms with van der Waals surface area (Å²) < 4.78 is 0. The molecule has 0 radical (unpaired) electrons. The maximum absolute atomic E-state index is 12.5. The zero-order chi connectivity index (χ0) is 19.1. The third-order valence-electron chi connectivity index (χ3n) is 5.30. The Morgan fingerprint density at radius 1 is 1.14 bits per heavy atom. The van der Waals surface area contributed by atoms with E-state index in [9.17, 15) is 4.79 Å². The van der Waals surface area contributed by atoms with E-state index in [-0.39, 0.29) is 24.0 Å². The van der Waals surface area contributed by atoms with Crippen LogP contribution in [0.1, 0.15) is 36.1 Å². The fourth-order valence-corrected chi connectivity index (χ4v) is 4.43. The predicted octanol–water partition coefficient (Wildman–Crippen LogP) is 2.03. The second-order valence-corrected chi connectivity index (χ2v) is 8.38. The van der Waals surface area contributed by atoms with Gasteiger partial charge in [-0.2, -0.15) is 0 Å². The molecule has 2 fully saturated rings. The number of hydrogen-bond acceptors (Lipinski definition) is 5. The van der Waals surface area contributed by atoms with E-state index in [0.29, 0.717) is 19.0 Å². The van der Waals surface area contributed by atoms with E-state index >= 15 is 0 Å². The van der Waals surface area contributed by atoms with Crippen molar-refractivity contribution < 1.29 is 4.79 Å². The van der Waals surface area contributed by atoms with Crippen molar-refractivity contribution in [3.63, 3.8) is 0 Å². The second-order valence-electron chi connectivity index (χ2n) is 7.18. The van der Waals surface area contributed by atoms with Crippen molar-refractivity contribution in [3.8, 4) is 0 Å². The number of nitrogens with zero attached hydrogens (tertiary/aromatic N) is 5. The van der Waals surface area contributed by atoms with Gasteiger partial charge in [0.25, 0.3) is 0 Å². The van der Waals surface area contributed by atoms with Gasteiger partial charge in [0.2, 0.25) is 5.91 Å². The van der Waals surface area contributed by atoms with Crippen LogP contribution < -0.4 is 5.32 Å². The van der Waals surface area contributed by atoms with E-state index in [1.165, 1.54) is 11.3 Å². The van der Waals surface area contributed by atoms with Crippen molar-refractivity contribution in [2.75, 3.05) is 52.9 Å². The van der Waals surface area contributed by atoms with Gasteiger partial charge in [-0.15, -0.1) is 35.3 Å². The number of amides is 1. The van der Waals surface area contributed by atoms with Gasteiger partial charge in [-0.3, -0.25) is 14.7 Å². The van der Waals surface area contributed by atoms with Gasteiger partial charge in [-0.05, 0) is 25.7 Å². The first kappa shape index (κ1) is 23.3. The van der Waals surface area contributed by atoms with E-state index < -0.39 is 0 Å². The van der Waals surface area contributed by atoms with Crippen molar-refractivity contribution in [1.29, 1.82) is 0 Å². The van der Waals surface area contributed by atoms with E-state index in [2.05, 4.69) is 32.0 Å². The Bertz CT molecular complexity index is 638. The molecule has 1 amide bonds. The summed E-state index contributed by atoms with van der Waals surface area (Å²) in [5.41, 5.74) is 0. The van der Waals surface area contributed by atoms with E-state index in [0.717, 1.165) is 69.5 Å². The first-order chi connectivity index (χ1) is 13.2. The van der Waals surface area contributed by atoms with E-state index in [1.54, 1.807) is 11.3 Å². The number of aliphatic imine (C=N–C) groups is 1. The minimum atomic E-state index is 0. The van der Waals surface area contributed by atoms with Crippen LogP contribution in [0.5, 0.6) is 0 Å². The van der Waals surface area contributed by atoms with Crippen LogP contribution in [0.3, 0.4) is 0 Å². The standard InChI is InChI=1S/C19H32N6OS.HI/c1-3-16-13-21-17(27-16)14-22-19(20-2)25-11-9-23(10-12-25)15-18(26)24-7-5-4-6-8-24;/h13H,3-12,14-15H2,1-2H3,(H,20,22);1H. The minimum Gasteiger partial charge on any atom is -0.350 e. The summed E-state index contributed by atoms with van der Waals surface area (Å²) in [5.74, 6) is 1.21. The van der Waals surface area contributed by atoms with Gasteiger partial charge >= 0.3 is 0 Å². The highest BCUT2D eigenvalue weighted by Gasteiger charge is 2.24. The van der Waals surface area contributed by atoms with Gasteiger partial charge in [0.15, 0.2) is 5.96 Å². The van der Waals surface area contributed by atoms with Gasteiger partial charge in [-0.25, -0.2) is 4.98 Å². The van der Waals surface area contributed by atoms with Gasteiger partial charge in [-0.1, -0.05) is 6.92 Å². The van der Waals surface area contributed by atoms with Crippen LogP contribution in [0.2, 0.25) is 0 Å². The molecule has 158 valence electrons. The Hall–Kier alpha value is -0.940. The summed E-state index contributed by atoms with van der Waals surface area (Å²) in [6.45, 7) is 8.88. The zero-order valence-electron chi connectivity index (χ0n) is 17.0. The number of piperazine rings is 1. The topological polar surface area (TPSA) is 64.1 Å². The summed E-state index contributed by atoms with van der Waals surface area (Å²) in [6, 6.07) is 0. The molecule has 1 aromatic rings. The van der Waals surface area contributed by atoms with Crippen molar-refractivity contribution in [2.24, 2.45) is 4.99 Å². The molecule has 1 aromatic heterocycles. The van der Waals surface area contributed by atoms with Crippen LogP contribution in [0.25, 0.3) is 0 Å². The maximum atomic E-state index is 12.5. The Morgan fingerprint density at radius 3 is 2.46 bits per heavy atom. The fourth-order valence-electron chi connectivity index (χ4n) is 3.63. The second kappa shape index (κ2) is 11.9. The van der Waals surface area contributed by atoms with E-state index in [4.69, 9.17) is 0 Å². The largest absolute Gasteiger partial charge is 0.350 e. The number of likely N-dealkylation sites (tertiary alicyclic amines) is 1. The summed E-state index contributed by atoms with van der Waals surface area (Å²) >= 11 is 1.76. The molecule has 7 nitrogen and oxygen atoms in total. The fraction of sp³-hybridized carbons (Fsp3) is 0.737. The molecule has 0 saturated carbocycles. The third kappa shape index (κ3) is 6.55. The highest BCUT2D eigenvalue weighted by atomic mass is 127. The smallest absolute Gasteiger partial charge is 0.236 e. The average molecular weight is 520 g/mol. The number of piperidine rings is 1. The normalized spacial score (nSPS) is 18.7. The van der Waals surface area contributed by atoms with Crippen molar-refractivity contribution in [3.05, 3.63) is 16.1 Å². The molecule has 0 aliphatic carbocycles. The zero-order valence-corrected chi connectivity index (χ0v) is 20.2. The monoisotopic (exact) mass is 520 g/mol. The molecule has 3 rings (SSSR count). The molecule has 9 heteroatoms. The molecule has 28 heavy (non-hydrogen) atoms. The first-order valence-corrected chi connectivity index (χ1v) is 10.9. The third-order valence-corrected chi connectivity index (χ3v) is 6.44. The highest BCUT2D eigenvalue weighted by molar-refractivity contribution is 14.0. The lowest BCUT2D eigenvalue weighted by Crippen LogP contribution is -2.54. The summed E-state index contributed by atoms with van der Waals surface area (Å²) in [5, 5.41) is 4.53. The average Bonchev–Trinajstić information content (AvgIpc) is 3.18. The summed E-state index contributed by atoms with van der Waals surface area (Å²) in [7, 11) is 1.83. The van der Waals surface area contributed by atoms with Crippen LogP contribution >= 0.6 is 35.3 Å². The van der Waals surface area contributed by atoms with E-state index in [1.807, 2.05) is 18.1 Å². The number of aromatic nitrogens is 1. The Morgan fingerprint density at radius 2 is 1.86 bits per heavy atom. The van der Waals surface area contributed by atoms with Crippen LogP contribution in [0, 0.1) is 0 Å². The molecular formula is C19H33IN6OS. The molecule has 0 aromatic carbocycles.